The normalized spacial score (nSPS) is 16.5. The Labute approximate surface area is 233 Å². The second kappa shape index (κ2) is 12.3. The molecule has 1 fully saturated rings. The van der Waals surface area contributed by atoms with Crippen molar-refractivity contribution in [1.29, 1.82) is 0 Å². The highest BCUT2D eigenvalue weighted by molar-refractivity contribution is 6.51. The molecule has 0 saturated carbocycles. The van der Waals surface area contributed by atoms with E-state index in [0.717, 1.165) is 24.8 Å². The third-order valence-electron chi connectivity index (χ3n) is 6.62. The lowest BCUT2D eigenvalue weighted by Crippen LogP contribution is -2.29. The molecule has 3 aromatic carbocycles. The number of carbonyl (C=O) groups is 2. The van der Waals surface area contributed by atoms with Crippen molar-refractivity contribution in [2.24, 2.45) is 0 Å². The van der Waals surface area contributed by atoms with E-state index in [2.05, 4.69) is 6.92 Å². The molecule has 0 aromatic heterocycles. The summed E-state index contributed by atoms with van der Waals surface area (Å²) in [5.74, 6) is -1.18. The number of aliphatic hydroxyl groups excluding tert-OH is 1. The van der Waals surface area contributed by atoms with Crippen molar-refractivity contribution in [1.82, 2.24) is 0 Å². The Morgan fingerprint density at radius 3 is 2.38 bits per heavy atom. The molecule has 0 aliphatic carbocycles. The van der Waals surface area contributed by atoms with Crippen LogP contribution < -0.4 is 14.4 Å². The molecular weight excluding hydrogens is 518 g/mol. The molecule has 1 amide bonds. The summed E-state index contributed by atoms with van der Waals surface area (Å²) in [6.45, 7) is 6.63. The van der Waals surface area contributed by atoms with E-state index in [0.29, 0.717) is 40.8 Å². The van der Waals surface area contributed by atoms with Crippen molar-refractivity contribution in [3.63, 3.8) is 0 Å². The number of aromatic hydroxyl groups is 1. The number of ketones is 1. The molecule has 0 radical (unpaired) electrons. The minimum absolute atomic E-state index is 0.0783. The van der Waals surface area contributed by atoms with Crippen molar-refractivity contribution in [3.8, 4) is 17.2 Å². The van der Waals surface area contributed by atoms with E-state index in [1.165, 1.54) is 11.0 Å². The highest BCUT2D eigenvalue weighted by Gasteiger charge is 2.47. The third-order valence-corrected chi connectivity index (χ3v) is 7.03. The standard InChI is InChI=1S/C31H32ClNO6/c1-4-6-7-16-39-23-13-9-20(10-14-23)29(35)27-28(21-11-15-25(34)26(17-21)38-5-2)33(31(37)30(27)36)22-12-8-19(3)24(32)18-22/h8-15,17-18,28,34-35H,4-7,16H2,1-3H3/b29-27+. The fourth-order valence-electron chi connectivity index (χ4n) is 4.52. The zero-order chi connectivity index (χ0) is 28.1. The predicted octanol–water partition coefficient (Wildman–Crippen LogP) is 6.95. The van der Waals surface area contributed by atoms with Gasteiger partial charge in [0.15, 0.2) is 11.5 Å². The van der Waals surface area contributed by atoms with E-state index in [9.17, 15) is 19.8 Å². The molecule has 3 aromatic rings. The summed E-state index contributed by atoms with van der Waals surface area (Å²) in [6.07, 6.45) is 3.12. The van der Waals surface area contributed by atoms with Gasteiger partial charge in [0.05, 0.1) is 24.8 Å². The highest BCUT2D eigenvalue weighted by Crippen LogP contribution is 2.44. The summed E-state index contributed by atoms with van der Waals surface area (Å²) in [6, 6.07) is 15.4. The Kier molecular flexibility index (Phi) is 8.82. The Bertz CT molecular complexity index is 1400. The molecule has 0 bridgehead atoms. The fourth-order valence-corrected chi connectivity index (χ4v) is 4.70. The van der Waals surface area contributed by atoms with E-state index < -0.39 is 17.7 Å². The van der Waals surface area contributed by atoms with Gasteiger partial charge in [-0.05, 0) is 79.9 Å². The number of unbranched alkanes of at least 4 members (excludes halogenated alkanes) is 2. The summed E-state index contributed by atoms with van der Waals surface area (Å²) in [5, 5.41) is 22.1. The second-order valence-corrected chi connectivity index (χ2v) is 9.75. The van der Waals surface area contributed by atoms with Crippen LogP contribution in [0.2, 0.25) is 5.02 Å². The van der Waals surface area contributed by atoms with Gasteiger partial charge < -0.3 is 19.7 Å². The quantitative estimate of drug-likeness (QED) is 0.123. The lowest BCUT2D eigenvalue weighted by molar-refractivity contribution is -0.132. The van der Waals surface area contributed by atoms with Gasteiger partial charge in [-0.3, -0.25) is 14.5 Å². The van der Waals surface area contributed by atoms with Gasteiger partial charge in [-0.15, -0.1) is 0 Å². The van der Waals surface area contributed by atoms with Gasteiger partial charge in [-0.2, -0.15) is 0 Å². The lowest BCUT2D eigenvalue weighted by atomic mass is 9.94. The van der Waals surface area contributed by atoms with Crippen LogP contribution in [0.4, 0.5) is 5.69 Å². The van der Waals surface area contributed by atoms with Crippen LogP contribution in [0.1, 0.15) is 55.8 Å². The molecule has 1 saturated heterocycles. The van der Waals surface area contributed by atoms with Crippen molar-refractivity contribution >= 4 is 34.7 Å². The molecule has 4 rings (SSSR count). The Morgan fingerprint density at radius 2 is 1.72 bits per heavy atom. The van der Waals surface area contributed by atoms with E-state index >= 15 is 0 Å². The first-order valence-corrected chi connectivity index (χ1v) is 13.4. The SMILES string of the molecule is CCCCCOc1ccc(/C(O)=C2\C(=O)C(=O)N(c3ccc(C)c(Cl)c3)C2c2ccc(O)c(OCC)c2)cc1. The van der Waals surface area contributed by atoms with E-state index in [1.54, 1.807) is 61.5 Å². The van der Waals surface area contributed by atoms with E-state index in [-0.39, 0.29) is 22.8 Å². The van der Waals surface area contributed by atoms with Gasteiger partial charge >= 0.3 is 0 Å². The number of carbonyl (C=O) groups excluding carboxylic acids is 2. The van der Waals surface area contributed by atoms with Gasteiger partial charge in [0, 0.05) is 16.3 Å². The largest absolute Gasteiger partial charge is 0.507 e. The van der Waals surface area contributed by atoms with Gasteiger partial charge in [-0.1, -0.05) is 43.5 Å². The van der Waals surface area contributed by atoms with Crippen LogP contribution in [-0.4, -0.2) is 35.1 Å². The number of amides is 1. The van der Waals surface area contributed by atoms with Gasteiger partial charge in [0.1, 0.15) is 11.5 Å². The number of anilines is 1. The Morgan fingerprint density at radius 1 is 0.974 bits per heavy atom. The molecule has 204 valence electrons. The van der Waals surface area contributed by atoms with Crippen molar-refractivity contribution in [2.75, 3.05) is 18.1 Å². The summed E-state index contributed by atoms with van der Waals surface area (Å²) < 4.78 is 11.3. The van der Waals surface area contributed by atoms with Crippen molar-refractivity contribution < 1.29 is 29.3 Å². The first kappa shape index (κ1) is 28.0. The second-order valence-electron chi connectivity index (χ2n) is 9.34. The number of hydrogen-bond donors (Lipinski definition) is 2. The van der Waals surface area contributed by atoms with E-state index in [1.807, 2.05) is 6.92 Å². The minimum Gasteiger partial charge on any atom is -0.507 e. The first-order chi connectivity index (χ1) is 18.8. The molecule has 1 unspecified atom stereocenters. The average molecular weight is 550 g/mol. The van der Waals surface area contributed by atoms with Crippen LogP contribution in [0.15, 0.2) is 66.2 Å². The maximum atomic E-state index is 13.4. The number of hydrogen-bond acceptors (Lipinski definition) is 6. The molecule has 7 nitrogen and oxygen atoms in total. The zero-order valence-electron chi connectivity index (χ0n) is 22.2. The van der Waals surface area contributed by atoms with Gasteiger partial charge in [0.2, 0.25) is 0 Å². The number of aryl methyl sites for hydroxylation is 1. The zero-order valence-corrected chi connectivity index (χ0v) is 23.0. The summed E-state index contributed by atoms with van der Waals surface area (Å²) >= 11 is 6.37. The number of nitrogens with zero attached hydrogens (tertiary/aromatic N) is 1. The Hall–Kier alpha value is -3.97. The van der Waals surface area contributed by atoms with E-state index in [4.69, 9.17) is 21.1 Å². The summed E-state index contributed by atoms with van der Waals surface area (Å²) in [4.78, 5) is 28.2. The highest BCUT2D eigenvalue weighted by atomic mass is 35.5. The van der Waals surface area contributed by atoms with Crippen molar-refractivity contribution in [3.05, 3.63) is 87.9 Å². The molecule has 0 spiro atoms. The number of phenols is 1. The molecule has 1 aliphatic rings. The maximum Gasteiger partial charge on any atom is 0.300 e. The third kappa shape index (κ3) is 5.88. The topological polar surface area (TPSA) is 96.3 Å². The first-order valence-electron chi connectivity index (χ1n) is 13.0. The average Bonchev–Trinajstić information content (AvgIpc) is 3.19. The molecule has 39 heavy (non-hydrogen) atoms. The van der Waals surface area contributed by atoms with Crippen LogP contribution in [0.3, 0.4) is 0 Å². The number of halogens is 1. The molecule has 1 aliphatic heterocycles. The fraction of sp³-hybridized carbons (Fsp3) is 0.290. The Balaban J connectivity index is 1.81. The monoisotopic (exact) mass is 549 g/mol. The minimum atomic E-state index is -0.992. The number of benzene rings is 3. The van der Waals surface area contributed by atoms with Crippen LogP contribution in [0, 0.1) is 6.92 Å². The number of rotatable bonds is 10. The molecule has 1 heterocycles. The number of phenolic OH excluding ortho intramolecular Hbond substituents is 1. The van der Waals surface area contributed by atoms with Crippen molar-refractivity contribution in [2.45, 2.75) is 46.1 Å². The molecule has 8 heteroatoms. The van der Waals surface area contributed by atoms with Crippen LogP contribution >= 0.6 is 11.6 Å². The van der Waals surface area contributed by atoms with Crippen LogP contribution in [0.5, 0.6) is 17.2 Å². The summed E-state index contributed by atoms with van der Waals surface area (Å²) in [7, 11) is 0. The molecular formula is C31H32ClNO6. The maximum absolute atomic E-state index is 13.4. The van der Waals surface area contributed by atoms with Gasteiger partial charge in [0.25, 0.3) is 11.7 Å². The predicted molar refractivity (Wildman–Crippen MR) is 152 cm³/mol. The number of ether oxygens (including phenoxy) is 2. The van der Waals surface area contributed by atoms with Crippen LogP contribution in [0.25, 0.3) is 5.76 Å². The van der Waals surface area contributed by atoms with Gasteiger partial charge in [-0.25, -0.2) is 0 Å². The molecule has 1 atom stereocenters. The number of Topliss-reactive ketones (excluding diaryl/α,β-unsaturated/α-hetero) is 1. The lowest BCUT2D eigenvalue weighted by Gasteiger charge is -2.26. The van der Waals surface area contributed by atoms with Crippen LogP contribution in [-0.2, 0) is 9.59 Å². The molecule has 2 N–H and O–H groups in total. The smallest absolute Gasteiger partial charge is 0.300 e. The number of aliphatic hydroxyl groups is 1. The summed E-state index contributed by atoms with van der Waals surface area (Å²) in [5.41, 5.74) is 1.98.